The lowest BCUT2D eigenvalue weighted by molar-refractivity contribution is 0.459. The number of aromatic nitrogens is 2. The van der Waals surface area contributed by atoms with Crippen LogP contribution in [0, 0.1) is 6.92 Å². The highest BCUT2D eigenvalue weighted by Gasteiger charge is 2.06. The van der Waals surface area contributed by atoms with E-state index in [-0.39, 0.29) is 5.95 Å². The molecule has 94 valence electrons. The van der Waals surface area contributed by atoms with Gasteiger partial charge in [-0.3, -0.25) is 0 Å². The summed E-state index contributed by atoms with van der Waals surface area (Å²) in [5.74, 6) is 1.76. The van der Waals surface area contributed by atoms with E-state index >= 15 is 0 Å². The summed E-state index contributed by atoms with van der Waals surface area (Å²) in [6.07, 6.45) is 0. The van der Waals surface area contributed by atoms with E-state index in [1.807, 2.05) is 13.0 Å². The number of ether oxygens (including phenoxy) is 1. The number of hydrogen-bond acceptors (Lipinski definition) is 5. The van der Waals surface area contributed by atoms with Gasteiger partial charge in [-0.15, -0.1) is 0 Å². The van der Waals surface area contributed by atoms with E-state index in [9.17, 15) is 0 Å². The number of hydrogen-bond donors (Lipinski definition) is 2. The van der Waals surface area contributed by atoms with Gasteiger partial charge in [-0.05, 0) is 24.6 Å². The van der Waals surface area contributed by atoms with Crippen molar-refractivity contribution in [2.75, 3.05) is 18.1 Å². The normalized spacial score (nSPS) is 10.2. The first-order valence-corrected chi connectivity index (χ1v) is 5.72. The lowest BCUT2D eigenvalue weighted by Crippen LogP contribution is -2.01. The van der Waals surface area contributed by atoms with Crippen LogP contribution in [-0.2, 0) is 0 Å². The number of nitrogens with zero attached hydrogens (tertiary/aromatic N) is 2. The van der Waals surface area contributed by atoms with Crippen LogP contribution in [0.3, 0.4) is 0 Å². The molecular weight excluding hydrogens is 252 g/mol. The third-order valence-corrected chi connectivity index (χ3v) is 2.58. The minimum absolute atomic E-state index is 0.150. The minimum atomic E-state index is 0.150. The van der Waals surface area contributed by atoms with Gasteiger partial charge in [-0.1, -0.05) is 17.7 Å². The number of rotatable bonds is 3. The molecule has 0 atom stereocenters. The van der Waals surface area contributed by atoms with Crippen LogP contribution in [0.25, 0.3) is 0 Å². The molecule has 0 radical (unpaired) electrons. The summed E-state index contributed by atoms with van der Waals surface area (Å²) in [6, 6.07) is 7.07. The van der Waals surface area contributed by atoms with Crippen molar-refractivity contribution < 1.29 is 4.74 Å². The van der Waals surface area contributed by atoms with Gasteiger partial charge in [-0.25, -0.2) is 0 Å². The minimum Gasteiger partial charge on any atom is -0.438 e. The number of halogens is 1. The Morgan fingerprint density at radius 1 is 1.28 bits per heavy atom. The van der Waals surface area contributed by atoms with Crippen LogP contribution in [0.5, 0.6) is 11.6 Å². The van der Waals surface area contributed by atoms with Crippen molar-refractivity contribution in [2.24, 2.45) is 0 Å². The quantitative estimate of drug-likeness (QED) is 0.892. The number of nitrogen functional groups attached to an aromatic ring is 1. The van der Waals surface area contributed by atoms with Crippen molar-refractivity contribution in [3.63, 3.8) is 0 Å². The second-order valence-corrected chi connectivity index (χ2v) is 4.15. The van der Waals surface area contributed by atoms with Crippen LogP contribution in [0.15, 0.2) is 24.3 Å². The van der Waals surface area contributed by atoms with Gasteiger partial charge < -0.3 is 15.8 Å². The molecule has 0 saturated carbocycles. The van der Waals surface area contributed by atoms with Crippen LogP contribution in [0.2, 0.25) is 5.02 Å². The van der Waals surface area contributed by atoms with E-state index in [0.29, 0.717) is 22.5 Å². The molecule has 0 aliphatic rings. The van der Waals surface area contributed by atoms with Gasteiger partial charge in [0.25, 0.3) is 0 Å². The Morgan fingerprint density at radius 2 is 2.06 bits per heavy atom. The Balaban J connectivity index is 2.33. The molecule has 0 aliphatic carbocycles. The van der Waals surface area contributed by atoms with Crippen molar-refractivity contribution in [3.05, 3.63) is 34.9 Å². The highest BCUT2D eigenvalue weighted by Crippen LogP contribution is 2.28. The molecule has 0 unspecified atom stereocenters. The molecule has 2 rings (SSSR count). The molecule has 1 aromatic heterocycles. The molecule has 2 aromatic rings. The van der Waals surface area contributed by atoms with E-state index in [1.165, 1.54) is 0 Å². The van der Waals surface area contributed by atoms with Gasteiger partial charge in [0.2, 0.25) is 11.8 Å². The Kier molecular flexibility index (Phi) is 3.53. The first-order chi connectivity index (χ1) is 8.58. The smallest absolute Gasteiger partial charge is 0.226 e. The zero-order valence-corrected chi connectivity index (χ0v) is 10.8. The van der Waals surface area contributed by atoms with Gasteiger partial charge in [0, 0.05) is 18.1 Å². The van der Waals surface area contributed by atoms with E-state index < -0.39 is 0 Å². The molecule has 18 heavy (non-hydrogen) atoms. The summed E-state index contributed by atoms with van der Waals surface area (Å²) in [5.41, 5.74) is 6.55. The van der Waals surface area contributed by atoms with E-state index in [4.69, 9.17) is 22.1 Å². The molecule has 1 heterocycles. The fourth-order valence-electron chi connectivity index (χ4n) is 1.42. The lowest BCUT2D eigenvalue weighted by atomic mass is 10.2. The maximum atomic E-state index is 5.92. The largest absolute Gasteiger partial charge is 0.438 e. The lowest BCUT2D eigenvalue weighted by Gasteiger charge is -2.09. The predicted octanol–water partition coefficient (Wildman–Crippen LogP) is 2.85. The van der Waals surface area contributed by atoms with Gasteiger partial charge in [0.1, 0.15) is 11.6 Å². The molecule has 0 aliphatic heterocycles. The molecule has 0 fully saturated rings. The summed E-state index contributed by atoms with van der Waals surface area (Å²) >= 11 is 5.92. The maximum absolute atomic E-state index is 5.92. The fraction of sp³-hybridized carbons (Fsp3) is 0.167. The Bertz CT molecular complexity index is 574. The average molecular weight is 265 g/mol. The molecule has 0 amide bonds. The zero-order chi connectivity index (χ0) is 13.1. The zero-order valence-electron chi connectivity index (χ0n) is 10.1. The van der Waals surface area contributed by atoms with Gasteiger partial charge in [-0.2, -0.15) is 9.97 Å². The van der Waals surface area contributed by atoms with Crippen LogP contribution >= 0.6 is 11.6 Å². The fourth-order valence-corrected chi connectivity index (χ4v) is 1.58. The second kappa shape index (κ2) is 5.10. The number of benzene rings is 1. The summed E-state index contributed by atoms with van der Waals surface area (Å²) in [6.45, 7) is 1.93. The topological polar surface area (TPSA) is 73.1 Å². The van der Waals surface area contributed by atoms with Crippen LogP contribution in [-0.4, -0.2) is 17.0 Å². The molecule has 6 heteroatoms. The number of aryl methyl sites for hydroxylation is 1. The van der Waals surface area contributed by atoms with Crippen molar-refractivity contribution in [2.45, 2.75) is 6.92 Å². The van der Waals surface area contributed by atoms with E-state index in [2.05, 4.69) is 15.3 Å². The highest BCUT2D eigenvalue weighted by atomic mass is 35.5. The van der Waals surface area contributed by atoms with Crippen LogP contribution < -0.4 is 15.8 Å². The molecule has 0 bridgehead atoms. The first kappa shape index (κ1) is 12.4. The van der Waals surface area contributed by atoms with Crippen molar-refractivity contribution >= 4 is 23.4 Å². The highest BCUT2D eigenvalue weighted by molar-refractivity contribution is 6.30. The average Bonchev–Trinajstić information content (AvgIpc) is 2.33. The molecule has 1 aromatic carbocycles. The van der Waals surface area contributed by atoms with Gasteiger partial charge in [0.15, 0.2) is 0 Å². The second-order valence-electron chi connectivity index (χ2n) is 3.71. The summed E-state index contributed by atoms with van der Waals surface area (Å²) < 4.78 is 5.66. The van der Waals surface area contributed by atoms with Crippen LogP contribution in [0.4, 0.5) is 11.8 Å². The molecule has 0 saturated heterocycles. The third kappa shape index (κ3) is 2.81. The number of anilines is 2. The van der Waals surface area contributed by atoms with Crippen LogP contribution in [0.1, 0.15) is 5.56 Å². The SMILES string of the molecule is CNc1cc(Oc2cc(Cl)ccc2C)nc(N)n1. The Labute approximate surface area is 110 Å². The van der Waals surface area contributed by atoms with Crippen molar-refractivity contribution in [1.29, 1.82) is 0 Å². The monoisotopic (exact) mass is 264 g/mol. The standard InChI is InChI=1S/C12H13ClN4O/c1-7-3-4-8(13)5-9(7)18-11-6-10(15-2)16-12(14)17-11/h3-6H,1-2H3,(H3,14,15,16,17). The molecule has 5 nitrogen and oxygen atoms in total. The summed E-state index contributed by atoms with van der Waals surface area (Å²) in [4.78, 5) is 7.99. The van der Waals surface area contributed by atoms with Gasteiger partial charge >= 0.3 is 0 Å². The van der Waals surface area contributed by atoms with Crippen molar-refractivity contribution in [1.82, 2.24) is 9.97 Å². The number of nitrogens with two attached hydrogens (primary N) is 1. The Hall–Kier alpha value is -2.01. The molecule has 3 N–H and O–H groups in total. The Morgan fingerprint density at radius 3 is 2.78 bits per heavy atom. The van der Waals surface area contributed by atoms with E-state index in [0.717, 1.165) is 5.56 Å². The third-order valence-electron chi connectivity index (χ3n) is 2.34. The number of nitrogens with one attached hydrogen (secondary N) is 1. The summed E-state index contributed by atoms with van der Waals surface area (Å²) in [7, 11) is 1.75. The molecular formula is C12H13ClN4O. The van der Waals surface area contributed by atoms with E-state index in [1.54, 1.807) is 25.2 Å². The first-order valence-electron chi connectivity index (χ1n) is 5.35. The summed E-state index contributed by atoms with van der Waals surface area (Å²) in [5, 5.41) is 3.49. The van der Waals surface area contributed by atoms with Crippen molar-refractivity contribution in [3.8, 4) is 11.6 Å². The molecule has 0 spiro atoms. The maximum Gasteiger partial charge on any atom is 0.226 e. The predicted molar refractivity (Wildman–Crippen MR) is 72.3 cm³/mol. The van der Waals surface area contributed by atoms with Gasteiger partial charge in [0.05, 0.1) is 0 Å².